The number of rotatable bonds is 23. The Kier molecular flexibility index (Phi) is 17.9. The van der Waals surface area contributed by atoms with Crippen molar-refractivity contribution in [2.75, 3.05) is 47.3 Å². The zero-order chi connectivity index (χ0) is 48.0. The van der Waals surface area contributed by atoms with Crippen LogP contribution in [-0.4, -0.2) is 81.1 Å². The zero-order valence-electron chi connectivity index (χ0n) is 39.7. The van der Waals surface area contributed by atoms with E-state index in [9.17, 15) is 15.4 Å². The van der Waals surface area contributed by atoms with Crippen molar-refractivity contribution in [3.63, 3.8) is 0 Å². The molecule has 0 radical (unpaired) electrons. The van der Waals surface area contributed by atoms with E-state index in [1.165, 1.54) is 12.1 Å². The summed E-state index contributed by atoms with van der Waals surface area (Å²) in [4.78, 5) is 10.9. The van der Waals surface area contributed by atoms with Gasteiger partial charge >= 0.3 is 0 Å². The highest BCUT2D eigenvalue weighted by atomic mass is 31.2. The maximum absolute atomic E-state index is 11.3. The van der Waals surface area contributed by atoms with Crippen LogP contribution in [0.3, 0.4) is 0 Å². The third-order valence-corrected chi connectivity index (χ3v) is 14.2. The third kappa shape index (κ3) is 12.2. The largest absolute Gasteiger partial charge is 0.497 e. The van der Waals surface area contributed by atoms with E-state index >= 15 is 0 Å². The van der Waals surface area contributed by atoms with Crippen molar-refractivity contribution in [1.82, 2.24) is 4.67 Å². The highest BCUT2D eigenvalue weighted by Gasteiger charge is 2.45. The number of hydrogen-bond donors (Lipinski definition) is 0. The van der Waals surface area contributed by atoms with Crippen LogP contribution in [0.15, 0.2) is 121 Å². The number of benzene rings is 5. The van der Waals surface area contributed by atoms with Crippen LogP contribution in [0.4, 0.5) is 5.69 Å². The van der Waals surface area contributed by atoms with Gasteiger partial charge in [0.05, 0.1) is 76.9 Å². The van der Waals surface area contributed by atoms with E-state index in [0.29, 0.717) is 49.9 Å². The lowest BCUT2D eigenvalue weighted by Gasteiger charge is -2.39. The molecule has 0 amide bonds. The van der Waals surface area contributed by atoms with Crippen molar-refractivity contribution in [3.05, 3.63) is 165 Å². The molecule has 4 atom stereocenters. The van der Waals surface area contributed by atoms with Gasteiger partial charge in [-0.1, -0.05) is 72.8 Å². The van der Waals surface area contributed by atoms with Gasteiger partial charge in [-0.3, -0.25) is 10.1 Å². The number of methoxy groups -OCH3 is 2. The minimum atomic E-state index is -1.65. The normalized spacial score (nSPS) is 18.1. The van der Waals surface area contributed by atoms with Crippen molar-refractivity contribution >= 4 is 14.2 Å². The molecule has 0 spiro atoms. The average Bonchev–Trinajstić information content (AvgIpc) is 3.77. The summed E-state index contributed by atoms with van der Waals surface area (Å²) in [6.45, 7) is 10.2. The molecule has 2 saturated heterocycles. The maximum atomic E-state index is 11.3. The molecule has 360 valence electrons. The van der Waals surface area contributed by atoms with E-state index in [2.05, 4.69) is 50.6 Å². The van der Waals surface area contributed by atoms with Crippen molar-refractivity contribution in [2.45, 2.75) is 95.7 Å². The number of nitrogens with zero attached hydrogens (tertiary/aromatic N) is 3. The van der Waals surface area contributed by atoms with Crippen LogP contribution in [0, 0.1) is 21.4 Å². The molecule has 2 heterocycles. The molecule has 14 nitrogen and oxygen atoms in total. The minimum absolute atomic E-state index is 0.0356. The van der Waals surface area contributed by atoms with Crippen molar-refractivity contribution in [3.8, 4) is 23.3 Å². The second kappa shape index (κ2) is 24.2. The summed E-state index contributed by atoms with van der Waals surface area (Å²) in [7, 11) is 1.64. The molecule has 5 aromatic carbocycles. The van der Waals surface area contributed by atoms with E-state index in [4.69, 9.17) is 42.2 Å². The smallest absolute Gasteiger partial charge is 0.269 e. The van der Waals surface area contributed by atoms with Gasteiger partial charge in [-0.25, -0.2) is 4.67 Å². The Morgan fingerprint density at radius 2 is 1.44 bits per heavy atom. The minimum Gasteiger partial charge on any atom is -0.497 e. The Balaban J connectivity index is 1.26. The SMILES string of the molecule is COc1ccc(C(OC[C@H]2O[C@@H](c3ccc(C4OCCCO4)c(OCCc4ccc([N+](=O)[O-])cc4)c3)C[C@@H]2OP(OCCC#N)N(C(C)C)C(C)C)(c2ccccc2)c2ccc(OC)cc2)cc1. The van der Waals surface area contributed by atoms with Gasteiger partial charge in [0.15, 0.2) is 6.29 Å². The molecule has 0 saturated carbocycles. The van der Waals surface area contributed by atoms with Gasteiger partial charge in [0.1, 0.15) is 29.0 Å². The topological polar surface area (TPSA) is 153 Å². The van der Waals surface area contributed by atoms with Crippen LogP contribution in [0.25, 0.3) is 0 Å². The molecule has 2 aliphatic heterocycles. The maximum Gasteiger partial charge on any atom is 0.269 e. The van der Waals surface area contributed by atoms with Crippen LogP contribution in [-0.2, 0) is 40.0 Å². The molecule has 0 bridgehead atoms. The Morgan fingerprint density at radius 1 is 0.824 bits per heavy atom. The van der Waals surface area contributed by atoms with Crippen LogP contribution in [0.5, 0.6) is 17.2 Å². The first kappa shape index (κ1) is 50.4. The molecule has 5 aromatic rings. The first-order valence-electron chi connectivity index (χ1n) is 23.2. The highest BCUT2D eigenvalue weighted by Crippen LogP contribution is 2.52. The number of nitriles is 1. The Labute approximate surface area is 401 Å². The van der Waals surface area contributed by atoms with E-state index in [-0.39, 0.29) is 37.4 Å². The standard InChI is InChI=1S/C53H62N3O11P/c1-37(2)55(38(3)4)68(65-32-10-29-54)67-50-35-48(40-16-27-47(52-62-30-11-31-63-52)49(34-40)61-33-28-39-14-21-44(22-15-39)56(57)58)66-51(50)36-64-53(41-12-8-7-9-13-41,42-17-23-45(59-5)24-18-42)43-19-25-46(60-6)26-20-43/h7-9,12-27,34,37-38,48,50-52H,10-11,28,30-33,35-36H2,1-6H3/t48-,50+,51-,68?/m1/s1. The van der Waals surface area contributed by atoms with Gasteiger partial charge in [-0.05, 0) is 98.3 Å². The quantitative estimate of drug-likeness (QED) is 0.0201. The Morgan fingerprint density at radius 3 is 2.01 bits per heavy atom. The molecule has 0 aromatic heterocycles. The lowest BCUT2D eigenvalue weighted by Crippen LogP contribution is -2.39. The molecule has 7 rings (SSSR count). The summed E-state index contributed by atoms with van der Waals surface area (Å²) in [6.07, 6.45) is -0.175. The number of non-ortho nitro benzene ring substituents is 1. The number of nitro benzene ring substituents is 1. The van der Waals surface area contributed by atoms with Crippen LogP contribution >= 0.6 is 8.53 Å². The molecule has 2 fully saturated rings. The third-order valence-electron chi connectivity index (χ3n) is 12.0. The lowest BCUT2D eigenvalue weighted by molar-refractivity contribution is -0.384. The van der Waals surface area contributed by atoms with Crippen molar-refractivity contribution in [2.24, 2.45) is 0 Å². The molecule has 0 N–H and O–H groups in total. The van der Waals surface area contributed by atoms with Gasteiger partial charge < -0.3 is 42.2 Å². The van der Waals surface area contributed by atoms with E-state index in [1.54, 1.807) is 26.4 Å². The van der Waals surface area contributed by atoms with Gasteiger partial charge in [-0.2, -0.15) is 5.26 Å². The highest BCUT2D eigenvalue weighted by molar-refractivity contribution is 7.44. The summed E-state index contributed by atoms with van der Waals surface area (Å²) in [5.41, 5.74) is 4.12. The van der Waals surface area contributed by atoms with Gasteiger partial charge in [0, 0.05) is 42.6 Å². The van der Waals surface area contributed by atoms with Crippen molar-refractivity contribution < 1.29 is 47.1 Å². The van der Waals surface area contributed by atoms with Gasteiger partial charge in [-0.15, -0.1) is 0 Å². The average molecular weight is 948 g/mol. The fourth-order valence-corrected chi connectivity index (χ4v) is 10.4. The zero-order valence-corrected chi connectivity index (χ0v) is 40.5. The molecule has 1 unspecified atom stereocenters. The predicted molar refractivity (Wildman–Crippen MR) is 259 cm³/mol. The van der Waals surface area contributed by atoms with Crippen LogP contribution in [0.2, 0.25) is 0 Å². The summed E-state index contributed by atoms with van der Waals surface area (Å²) >= 11 is 0. The summed E-state index contributed by atoms with van der Waals surface area (Å²) in [5.74, 6) is 2.02. The Bertz CT molecular complexity index is 2340. The van der Waals surface area contributed by atoms with Gasteiger partial charge in [0.2, 0.25) is 0 Å². The van der Waals surface area contributed by atoms with Crippen molar-refractivity contribution in [1.29, 1.82) is 5.26 Å². The number of nitro groups is 1. The number of ether oxygens (including phenoxy) is 7. The Hall–Kier alpha value is -5.46. The van der Waals surface area contributed by atoms with E-state index < -0.39 is 43.7 Å². The fraction of sp³-hybridized carbons (Fsp3) is 0.415. The monoisotopic (exact) mass is 947 g/mol. The second-order valence-corrected chi connectivity index (χ2v) is 18.6. The molecule has 0 aliphatic carbocycles. The second-order valence-electron chi connectivity index (χ2n) is 17.2. The first-order valence-corrected chi connectivity index (χ1v) is 24.3. The lowest BCUT2D eigenvalue weighted by atomic mass is 9.80. The van der Waals surface area contributed by atoms with E-state index in [1.807, 2.05) is 84.9 Å². The molecule has 15 heteroatoms. The molecule has 68 heavy (non-hydrogen) atoms. The molecular formula is C53H62N3O11P. The molecular weight excluding hydrogens is 886 g/mol. The summed E-state index contributed by atoms with van der Waals surface area (Å²) in [5, 5.41) is 20.8. The summed E-state index contributed by atoms with van der Waals surface area (Å²) < 4.78 is 60.2. The van der Waals surface area contributed by atoms with Crippen LogP contribution < -0.4 is 14.2 Å². The first-order chi connectivity index (χ1) is 33.0. The van der Waals surface area contributed by atoms with Crippen LogP contribution in [0.1, 0.15) is 92.7 Å². The predicted octanol–water partition coefficient (Wildman–Crippen LogP) is 11.2. The fourth-order valence-electron chi connectivity index (χ4n) is 8.68. The van der Waals surface area contributed by atoms with Gasteiger partial charge in [0.25, 0.3) is 14.2 Å². The van der Waals surface area contributed by atoms with E-state index in [0.717, 1.165) is 39.8 Å². The molecule has 2 aliphatic rings. The summed E-state index contributed by atoms with van der Waals surface area (Å²) in [6, 6.07) is 40.8. The number of hydrogen-bond acceptors (Lipinski definition) is 13.